The fourth-order valence-corrected chi connectivity index (χ4v) is 4.75. The van der Waals surface area contributed by atoms with Gasteiger partial charge in [0.15, 0.2) is 5.13 Å². The molecule has 1 saturated heterocycles. The van der Waals surface area contributed by atoms with Gasteiger partial charge in [-0.05, 0) is 44.0 Å². The van der Waals surface area contributed by atoms with Crippen LogP contribution in [0.4, 0.5) is 13.2 Å². The first-order chi connectivity index (χ1) is 14.2. The maximum Gasteiger partial charge on any atom is 0.416 e. The molecule has 2 atom stereocenters. The second kappa shape index (κ2) is 7.55. The standard InChI is InChI=1S/C21H20F3N3O2S/c1-12-9-17(13(2)27(12)20-25-7-8-30-20)19(29)26-11-16(28)10-18(26)14-3-5-15(6-4-14)21(22,23)24/h3-9,16,18,28H,10-11H2,1-2H3/t16-,18+/m0/s1. The van der Waals surface area contributed by atoms with Crippen LogP contribution in [0.5, 0.6) is 0 Å². The van der Waals surface area contributed by atoms with Crippen molar-refractivity contribution in [1.82, 2.24) is 14.5 Å². The molecular weight excluding hydrogens is 415 g/mol. The number of aryl methyl sites for hydroxylation is 1. The molecule has 158 valence electrons. The highest BCUT2D eigenvalue weighted by Crippen LogP contribution is 2.36. The molecule has 30 heavy (non-hydrogen) atoms. The first kappa shape index (κ1) is 20.6. The summed E-state index contributed by atoms with van der Waals surface area (Å²) in [6.07, 6.45) is -3.18. The molecule has 0 unspecified atom stereocenters. The Bertz CT molecular complexity index is 1060. The number of nitrogens with zero attached hydrogens (tertiary/aromatic N) is 3. The van der Waals surface area contributed by atoms with Gasteiger partial charge in [-0.2, -0.15) is 13.2 Å². The van der Waals surface area contributed by atoms with Crippen molar-refractivity contribution in [1.29, 1.82) is 0 Å². The Morgan fingerprint density at radius 3 is 2.53 bits per heavy atom. The van der Waals surface area contributed by atoms with Gasteiger partial charge in [0.1, 0.15) is 0 Å². The predicted molar refractivity (Wildman–Crippen MR) is 107 cm³/mol. The van der Waals surface area contributed by atoms with Crippen LogP contribution in [0.3, 0.4) is 0 Å². The Balaban J connectivity index is 1.66. The van der Waals surface area contributed by atoms with Crippen LogP contribution in [0, 0.1) is 13.8 Å². The summed E-state index contributed by atoms with van der Waals surface area (Å²) in [5.74, 6) is -0.257. The van der Waals surface area contributed by atoms with Crippen LogP contribution in [0.1, 0.15) is 45.3 Å². The number of rotatable bonds is 3. The zero-order valence-electron chi connectivity index (χ0n) is 16.3. The van der Waals surface area contributed by atoms with Gasteiger partial charge in [-0.15, -0.1) is 11.3 Å². The number of halogens is 3. The van der Waals surface area contributed by atoms with Crippen LogP contribution in [0.25, 0.3) is 5.13 Å². The van der Waals surface area contributed by atoms with Gasteiger partial charge in [-0.1, -0.05) is 12.1 Å². The van der Waals surface area contributed by atoms with E-state index in [1.165, 1.54) is 23.5 Å². The number of benzene rings is 1. The molecular formula is C21H20F3N3O2S. The Morgan fingerprint density at radius 1 is 1.23 bits per heavy atom. The molecule has 1 aliphatic rings. The highest BCUT2D eigenvalue weighted by atomic mass is 32.1. The van der Waals surface area contributed by atoms with Crippen LogP contribution in [0.15, 0.2) is 41.9 Å². The van der Waals surface area contributed by atoms with Gasteiger partial charge < -0.3 is 10.0 Å². The fourth-order valence-electron chi connectivity index (χ4n) is 4.00. The van der Waals surface area contributed by atoms with E-state index in [9.17, 15) is 23.1 Å². The monoisotopic (exact) mass is 435 g/mol. The normalized spacial score (nSPS) is 19.5. The zero-order valence-corrected chi connectivity index (χ0v) is 17.2. The van der Waals surface area contributed by atoms with Crippen molar-refractivity contribution in [3.8, 4) is 5.13 Å². The average Bonchev–Trinajstić information content (AvgIpc) is 3.40. The minimum Gasteiger partial charge on any atom is -0.391 e. The van der Waals surface area contributed by atoms with Crippen molar-refractivity contribution in [2.24, 2.45) is 0 Å². The third-order valence-corrected chi connectivity index (χ3v) is 6.19. The van der Waals surface area contributed by atoms with Gasteiger partial charge in [0, 0.05) is 29.5 Å². The lowest BCUT2D eigenvalue weighted by Gasteiger charge is -2.25. The Labute approximate surface area is 175 Å². The number of aromatic nitrogens is 2. The summed E-state index contributed by atoms with van der Waals surface area (Å²) < 4.78 is 40.5. The molecule has 9 heteroatoms. The summed E-state index contributed by atoms with van der Waals surface area (Å²) in [5, 5.41) is 12.8. The largest absolute Gasteiger partial charge is 0.416 e. The molecule has 3 aromatic rings. The van der Waals surface area contributed by atoms with Crippen molar-refractivity contribution in [3.63, 3.8) is 0 Å². The lowest BCUT2D eigenvalue weighted by atomic mass is 10.0. The third-order valence-electron chi connectivity index (χ3n) is 5.43. The minimum atomic E-state index is -4.42. The van der Waals surface area contributed by atoms with Crippen LogP contribution in [-0.2, 0) is 6.18 Å². The summed E-state index contributed by atoms with van der Waals surface area (Å²) in [4.78, 5) is 19.2. The highest BCUT2D eigenvalue weighted by molar-refractivity contribution is 7.12. The molecule has 1 amide bonds. The number of β-amino-alcohol motifs (C(OH)–C–C–N with tert-alkyl or cyclic N) is 1. The lowest BCUT2D eigenvalue weighted by Crippen LogP contribution is -2.32. The van der Waals surface area contributed by atoms with Crippen LogP contribution in [-0.4, -0.2) is 38.1 Å². The summed E-state index contributed by atoms with van der Waals surface area (Å²) in [7, 11) is 0. The van der Waals surface area contributed by atoms with E-state index in [0.717, 1.165) is 28.7 Å². The predicted octanol–water partition coefficient (Wildman–Crippen LogP) is 4.52. The summed E-state index contributed by atoms with van der Waals surface area (Å²) in [5.41, 5.74) is 1.92. The van der Waals surface area contributed by atoms with Crippen molar-refractivity contribution in [3.05, 3.63) is 70.0 Å². The molecule has 1 fully saturated rings. The number of alkyl halides is 3. The number of aliphatic hydroxyl groups is 1. The van der Waals surface area contributed by atoms with Gasteiger partial charge in [-0.3, -0.25) is 9.36 Å². The van der Waals surface area contributed by atoms with E-state index < -0.39 is 23.9 Å². The number of likely N-dealkylation sites (tertiary alicyclic amines) is 1. The molecule has 0 radical (unpaired) electrons. The van der Waals surface area contributed by atoms with Gasteiger partial charge in [0.25, 0.3) is 5.91 Å². The Hall–Kier alpha value is -2.65. The van der Waals surface area contributed by atoms with E-state index in [2.05, 4.69) is 4.98 Å². The summed E-state index contributed by atoms with van der Waals surface area (Å²) in [6.45, 7) is 3.85. The first-order valence-corrected chi connectivity index (χ1v) is 10.3. The Morgan fingerprint density at radius 2 is 1.93 bits per heavy atom. The zero-order chi connectivity index (χ0) is 21.6. The molecule has 1 aliphatic heterocycles. The Kier molecular flexibility index (Phi) is 5.19. The van der Waals surface area contributed by atoms with E-state index in [0.29, 0.717) is 11.1 Å². The molecule has 4 rings (SSSR count). The highest BCUT2D eigenvalue weighted by Gasteiger charge is 2.37. The molecule has 3 heterocycles. The van der Waals surface area contributed by atoms with E-state index in [-0.39, 0.29) is 18.9 Å². The molecule has 0 spiro atoms. The molecule has 0 saturated carbocycles. The fraction of sp³-hybridized carbons (Fsp3) is 0.333. The lowest BCUT2D eigenvalue weighted by molar-refractivity contribution is -0.137. The number of hydrogen-bond donors (Lipinski definition) is 1. The molecule has 1 aromatic carbocycles. The number of amides is 1. The number of aliphatic hydroxyl groups excluding tert-OH is 1. The maximum absolute atomic E-state index is 13.4. The van der Waals surface area contributed by atoms with Crippen LogP contribution in [0.2, 0.25) is 0 Å². The molecule has 0 aliphatic carbocycles. The van der Waals surface area contributed by atoms with Crippen molar-refractivity contribution in [2.75, 3.05) is 6.54 Å². The van der Waals surface area contributed by atoms with Crippen molar-refractivity contribution < 1.29 is 23.1 Å². The van der Waals surface area contributed by atoms with Crippen molar-refractivity contribution >= 4 is 17.2 Å². The van der Waals surface area contributed by atoms with Gasteiger partial charge in [-0.25, -0.2) is 4.98 Å². The first-order valence-electron chi connectivity index (χ1n) is 9.42. The molecule has 5 nitrogen and oxygen atoms in total. The molecule has 1 N–H and O–H groups in total. The third kappa shape index (κ3) is 3.63. The molecule has 2 aromatic heterocycles. The smallest absolute Gasteiger partial charge is 0.391 e. The van der Waals surface area contributed by atoms with E-state index in [1.54, 1.807) is 17.2 Å². The number of carbonyl (C=O) groups is 1. The van der Waals surface area contributed by atoms with E-state index in [4.69, 9.17) is 0 Å². The summed E-state index contributed by atoms with van der Waals surface area (Å²) >= 11 is 1.46. The average molecular weight is 435 g/mol. The van der Waals surface area contributed by atoms with E-state index in [1.807, 2.05) is 23.8 Å². The van der Waals surface area contributed by atoms with Crippen molar-refractivity contribution in [2.45, 2.75) is 38.6 Å². The number of thiazole rings is 1. The van der Waals surface area contributed by atoms with E-state index >= 15 is 0 Å². The second-order valence-corrected chi connectivity index (χ2v) is 8.29. The minimum absolute atomic E-state index is 0.130. The second-order valence-electron chi connectivity index (χ2n) is 7.42. The molecule has 0 bridgehead atoms. The van der Waals surface area contributed by atoms with Gasteiger partial charge in [0.2, 0.25) is 0 Å². The topological polar surface area (TPSA) is 58.4 Å². The van der Waals surface area contributed by atoms with Crippen LogP contribution < -0.4 is 0 Å². The number of carbonyl (C=O) groups excluding carboxylic acids is 1. The maximum atomic E-state index is 13.4. The number of hydrogen-bond acceptors (Lipinski definition) is 4. The quantitative estimate of drug-likeness (QED) is 0.658. The van der Waals surface area contributed by atoms with Crippen LogP contribution >= 0.6 is 11.3 Å². The SMILES string of the molecule is Cc1cc(C(=O)N2C[C@@H](O)C[C@@H]2c2ccc(C(F)(F)F)cc2)c(C)n1-c1nccs1. The van der Waals surface area contributed by atoms with Gasteiger partial charge >= 0.3 is 6.18 Å². The van der Waals surface area contributed by atoms with Gasteiger partial charge in [0.05, 0.1) is 23.3 Å². The summed E-state index contributed by atoms with van der Waals surface area (Å²) in [6, 6.07) is 6.08.